The Labute approximate surface area is 104 Å². The highest BCUT2D eigenvalue weighted by Crippen LogP contribution is 2.28. The molecule has 2 N–H and O–H groups in total. The molecule has 0 radical (unpaired) electrons. The molecule has 1 amide bonds. The van der Waals surface area contributed by atoms with E-state index in [9.17, 15) is 9.18 Å². The van der Waals surface area contributed by atoms with Crippen molar-refractivity contribution in [3.8, 4) is 0 Å². The van der Waals surface area contributed by atoms with Gasteiger partial charge in [-0.3, -0.25) is 4.79 Å². The van der Waals surface area contributed by atoms with Crippen molar-refractivity contribution < 1.29 is 9.18 Å². The van der Waals surface area contributed by atoms with Crippen LogP contribution in [0.2, 0.25) is 5.02 Å². The highest BCUT2D eigenvalue weighted by Gasteiger charge is 2.28. The molecule has 1 saturated carbocycles. The van der Waals surface area contributed by atoms with Crippen molar-refractivity contribution >= 4 is 23.3 Å². The van der Waals surface area contributed by atoms with E-state index in [4.69, 9.17) is 11.6 Å². The van der Waals surface area contributed by atoms with Gasteiger partial charge in [0.15, 0.2) is 11.6 Å². The van der Waals surface area contributed by atoms with Crippen molar-refractivity contribution in [3.63, 3.8) is 0 Å². The first-order chi connectivity index (χ1) is 8.16. The van der Waals surface area contributed by atoms with Crippen molar-refractivity contribution in [2.75, 3.05) is 18.4 Å². The maximum Gasteiger partial charge on any atom is 0.223 e. The lowest BCUT2D eigenvalue weighted by molar-refractivity contribution is -0.122. The molecule has 0 unspecified atom stereocenters. The molecular weight excluding hydrogens is 245 g/mol. The molecule has 2 rings (SSSR count). The Morgan fingerprint density at radius 1 is 1.53 bits per heavy atom. The van der Waals surface area contributed by atoms with Gasteiger partial charge in [0.05, 0.1) is 5.02 Å². The van der Waals surface area contributed by atoms with Gasteiger partial charge in [0.2, 0.25) is 5.91 Å². The van der Waals surface area contributed by atoms with Crippen LogP contribution in [0.3, 0.4) is 0 Å². The zero-order valence-electron chi connectivity index (χ0n) is 9.17. The molecular formula is C11H13ClFN3O. The van der Waals surface area contributed by atoms with Crippen molar-refractivity contribution in [1.29, 1.82) is 0 Å². The number of carbonyl (C=O) groups is 1. The van der Waals surface area contributed by atoms with Crippen LogP contribution in [-0.2, 0) is 4.79 Å². The second-order valence-corrected chi connectivity index (χ2v) is 4.41. The van der Waals surface area contributed by atoms with Crippen molar-refractivity contribution in [2.45, 2.75) is 12.8 Å². The molecule has 0 aromatic carbocycles. The van der Waals surface area contributed by atoms with Crippen LogP contribution in [0.15, 0.2) is 12.3 Å². The number of carbonyl (C=O) groups excluding carboxylic acids is 1. The molecule has 1 heterocycles. The van der Waals surface area contributed by atoms with E-state index in [0.717, 1.165) is 12.8 Å². The molecule has 4 nitrogen and oxygen atoms in total. The number of hydrogen-bond acceptors (Lipinski definition) is 3. The van der Waals surface area contributed by atoms with E-state index in [-0.39, 0.29) is 22.7 Å². The minimum Gasteiger partial charge on any atom is -0.366 e. The second-order valence-electron chi connectivity index (χ2n) is 3.98. The molecule has 6 heteroatoms. The first-order valence-electron chi connectivity index (χ1n) is 5.49. The number of anilines is 1. The minimum atomic E-state index is -0.494. The highest BCUT2D eigenvalue weighted by atomic mass is 35.5. The topological polar surface area (TPSA) is 54.0 Å². The molecule has 0 saturated heterocycles. The quantitative estimate of drug-likeness (QED) is 0.791. The van der Waals surface area contributed by atoms with Crippen molar-refractivity contribution in [1.82, 2.24) is 10.3 Å². The molecule has 0 spiro atoms. The zero-order valence-corrected chi connectivity index (χ0v) is 9.93. The van der Waals surface area contributed by atoms with E-state index in [0.29, 0.717) is 13.1 Å². The lowest BCUT2D eigenvalue weighted by Crippen LogP contribution is -2.30. The molecule has 1 aromatic heterocycles. The standard InChI is InChI=1S/C11H13ClFN3O/c12-8-5-9(13)10(16-6-8)14-3-4-15-11(17)7-1-2-7/h5-7H,1-4H2,(H,14,16)(H,15,17). The average Bonchev–Trinajstić information content (AvgIpc) is 3.10. The second kappa shape index (κ2) is 5.31. The lowest BCUT2D eigenvalue weighted by Gasteiger charge is -2.07. The predicted molar refractivity (Wildman–Crippen MR) is 63.4 cm³/mol. The molecule has 92 valence electrons. The van der Waals surface area contributed by atoms with Gasteiger partial charge in [-0.2, -0.15) is 0 Å². The Hall–Kier alpha value is -1.36. The van der Waals surface area contributed by atoms with E-state index >= 15 is 0 Å². The molecule has 1 aliphatic rings. The van der Waals surface area contributed by atoms with E-state index in [1.165, 1.54) is 12.3 Å². The van der Waals surface area contributed by atoms with E-state index in [1.807, 2.05) is 0 Å². The van der Waals surface area contributed by atoms with Gasteiger partial charge in [-0.25, -0.2) is 9.37 Å². The van der Waals surface area contributed by atoms with Crippen LogP contribution >= 0.6 is 11.6 Å². The third-order valence-corrected chi connectivity index (χ3v) is 2.68. The summed E-state index contributed by atoms with van der Waals surface area (Å²) in [6.45, 7) is 0.892. The Balaban J connectivity index is 1.72. The Morgan fingerprint density at radius 3 is 2.94 bits per heavy atom. The number of nitrogens with zero attached hydrogens (tertiary/aromatic N) is 1. The molecule has 17 heavy (non-hydrogen) atoms. The van der Waals surface area contributed by atoms with Crippen LogP contribution in [0.5, 0.6) is 0 Å². The van der Waals surface area contributed by atoms with Gasteiger partial charge in [0.25, 0.3) is 0 Å². The summed E-state index contributed by atoms with van der Waals surface area (Å²) in [4.78, 5) is 15.1. The number of halogens is 2. The number of pyridine rings is 1. The minimum absolute atomic E-state index is 0.0799. The summed E-state index contributed by atoms with van der Waals surface area (Å²) in [6, 6.07) is 1.19. The summed E-state index contributed by atoms with van der Waals surface area (Å²) in [5.74, 6) is -0.0715. The van der Waals surface area contributed by atoms with Crippen LogP contribution in [0.25, 0.3) is 0 Å². The number of nitrogens with one attached hydrogen (secondary N) is 2. The number of rotatable bonds is 5. The molecule has 0 atom stereocenters. The summed E-state index contributed by atoms with van der Waals surface area (Å²) in [7, 11) is 0. The van der Waals surface area contributed by atoms with E-state index in [1.54, 1.807) is 0 Å². The monoisotopic (exact) mass is 257 g/mol. The fraction of sp³-hybridized carbons (Fsp3) is 0.455. The summed E-state index contributed by atoms with van der Waals surface area (Å²) in [5, 5.41) is 5.82. The van der Waals surface area contributed by atoms with E-state index in [2.05, 4.69) is 15.6 Å². The molecule has 1 aromatic rings. The van der Waals surface area contributed by atoms with Crippen LogP contribution in [0.4, 0.5) is 10.2 Å². The van der Waals surface area contributed by atoms with Gasteiger partial charge < -0.3 is 10.6 Å². The summed E-state index contributed by atoms with van der Waals surface area (Å²) in [6.07, 6.45) is 3.33. The maximum absolute atomic E-state index is 13.3. The Kier molecular flexibility index (Phi) is 3.78. The summed E-state index contributed by atoms with van der Waals surface area (Å²) >= 11 is 5.57. The SMILES string of the molecule is O=C(NCCNc1ncc(Cl)cc1F)C1CC1. The number of amides is 1. The molecule has 1 fully saturated rings. The average molecular weight is 258 g/mol. The maximum atomic E-state index is 13.3. The van der Waals surface area contributed by atoms with Crippen LogP contribution < -0.4 is 10.6 Å². The third kappa shape index (κ3) is 3.56. The third-order valence-electron chi connectivity index (χ3n) is 2.47. The Bertz CT molecular complexity index is 423. The normalized spacial score (nSPS) is 14.5. The van der Waals surface area contributed by atoms with Gasteiger partial charge in [-0.1, -0.05) is 11.6 Å². The number of hydrogen-bond donors (Lipinski definition) is 2. The van der Waals surface area contributed by atoms with Gasteiger partial charge in [0, 0.05) is 25.2 Å². The van der Waals surface area contributed by atoms with Gasteiger partial charge in [-0.15, -0.1) is 0 Å². The van der Waals surface area contributed by atoms with Gasteiger partial charge >= 0.3 is 0 Å². The van der Waals surface area contributed by atoms with E-state index < -0.39 is 5.82 Å². The Morgan fingerprint density at radius 2 is 2.29 bits per heavy atom. The smallest absolute Gasteiger partial charge is 0.223 e. The molecule has 1 aliphatic carbocycles. The molecule has 0 aliphatic heterocycles. The van der Waals surface area contributed by atoms with Crippen LogP contribution in [0.1, 0.15) is 12.8 Å². The van der Waals surface area contributed by atoms with Gasteiger partial charge in [-0.05, 0) is 18.9 Å². The zero-order chi connectivity index (χ0) is 12.3. The van der Waals surface area contributed by atoms with Crippen LogP contribution in [0, 0.1) is 11.7 Å². The van der Waals surface area contributed by atoms with Crippen molar-refractivity contribution in [2.24, 2.45) is 5.92 Å². The van der Waals surface area contributed by atoms with Crippen LogP contribution in [-0.4, -0.2) is 24.0 Å². The first-order valence-corrected chi connectivity index (χ1v) is 5.87. The summed E-state index contributed by atoms with van der Waals surface area (Å²) < 4.78 is 13.3. The lowest BCUT2D eigenvalue weighted by atomic mass is 10.4. The fourth-order valence-corrected chi connectivity index (χ4v) is 1.55. The highest BCUT2D eigenvalue weighted by molar-refractivity contribution is 6.30. The number of aromatic nitrogens is 1. The fourth-order valence-electron chi connectivity index (χ4n) is 1.40. The predicted octanol–water partition coefficient (Wildman–Crippen LogP) is 1.81. The van der Waals surface area contributed by atoms with Crippen molar-refractivity contribution in [3.05, 3.63) is 23.1 Å². The summed E-state index contributed by atoms with van der Waals surface area (Å²) in [5.41, 5.74) is 0. The van der Waals surface area contributed by atoms with Gasteiger partial charge in [0.1, 0.15) is 0 Å². The largest absolute Gasteiger partial charge is 0.366 e. The first kappa shape index (κ1) is 12.1. The molecule has 0 bridgehead atoms.